The van der Waals surface area contributed by atoms with Crippen molar-refractivity contribution in [1.82, 2.24) is 4.90 Å². The first kappa shape index (κ1) is 10.6. The molecule has 0 aromatic heterocycles. The van der Waals surface area contributed by atoms with Crippen molar-refractivity contribution < 1.29 is 5.11 Å². The van der Waals surface area contributed by atoms with Crippen LogP contribution in [0.3, 0.4) is 0 Å². The van der Waals surface area contributed by atoms with Crippen LogP contribution in [-0.4, -0.2) is 36.7 Å². The second-order valence-corrected chi connectivity index (χ2v) is 4.34. The summed E-state index contributed by atoms with van der Waals surface area (Å²) in [4.78, 5) is 2.30. The summed E-state index contributed by atoms with van der Waals surface area (Å²) in [6, 6.07) is 8.16. The summed E-state index contributed by atoms with van der Waals surface area (Å²) in [7, 11) is 2.13. The van der Waals surface area contributed by atoms with Gasteiger partial charge in [-0.05, 0) is 18.2 Å². The normalized spacial score (nSPS) is 19.9. The predicted molar refractivity (Wildman–Crippen MR) is 60.7 cm³/mol. The van der Waals surface area contributed by atoms with Gasteiger partial charge < -0.3 is 15.7 Å². The van der Waals surface area contributed by atoms with Crippen molar-refractivity contribution in [3.8, 4) is 0 Å². The van der Waals surface area contributed by atoms with E-state index < -0.39 is 6.10 Å². The Balaban J connectivity index is 2.04. The number of nitrogens with zero attached hydrogens (tertiary/aromatic N) is 1. The summed E-state index contributed by atoms with van der Waals surface area (Å²) in [5.74, 6) is 0.666. The summed E-state index contributed by atoms with van der Waals surface area (Å²) in [5.41, 5.74) is 7.67. The largest absolute Gasteiger partial charge is 0.387 e. The lowest BCUT2D eigenvalue weighted by molar-refractivity contribution is 0.185. The van der Waals surface area contributed by atoms with Gasteiger partial charge >= 0.3 is 0 Å². The molecular formula is C12H18N2O. The van der Waals surface area contributed by atoms with Crippen molar-refractivity contribution in [2.24, 2.45) is 5.73 Å². The van der Waals surface area contributed by atoms with Crippen LogP contribution in [0.15, 0.2) is 24.3 Å². The Morgan fingerprint density at radius 3 is 2.47 bits per heavy atom. The molecule has 2 rings (SSSR count). The maximum atomic E-state index is 9.54. The molecule has 0 spiro atoms. The number of rotatable bonds is 3. The van der Waals surface area contributed by atoms with Gasteiger partial charge in [0.15, 0.2) is 0 Å². The Bertz CT molecular complexity index is 317. The molecule has 82 valence electrons. The van der Waals surface area contributed by atoms with Gasteiger partial charge in [-0.2, -0.15) is 0 Å². The Kier molecular flexibility index (Phi) is 3.05. The van der Waals surface area contributed by atoms with Crippen LogP contribution < -0.4 is 5.73 Å². The first-order valence-electron chi connectivity index (χ1n) is 5.37. The fourth-order valence-corrected chi connectivity index (χ4v) is 2.04. The van der Waals surface area contributed by atoms with Crippen molar-refractivity contribution in [2.45, 2.75) is 12.0 Å². The van der Waals surface area contributed by atoms with E-state index in [-0.39, 0.29) is 6.54 Å². The van der Waals surface area contributed by atoms with E-state index in [1.54, 1.807) is 0 Å². The molecule has 0 amide bonds. The van der Waals surface area contributed by atoms with Gasteiger partial charge in [0.05, 0.1) is 6.10 Å². The number of benzene rings is 1. The standard InChI is InChI=1S/C12H18N2O/c1-14-7-11(8-14)9-2-4-10(5-3-9)12(15)6-13/h2-5,11-12,15H,6-8,13H2,1H3. The second-order valence-electron chi connectivity index (χ2n) is 4.34. The quantitative estimate of drug-likeness (QED) is 0.765. The number of hydrogen-bond acceptors (Lipinski definition) is 3. The van der Waals surface area contributed by atoms with Gasteiger partial charge in [-0.25, -0.2) is 0 Å². The minimum atomic E-state index is -0.525. The molecular weight excluding hydrogens is 188 g/mol. The SMILES string of the molecule is CN1CC(c2ccc(C(O)CN)cc2)C1. The number of aliphatic hydroxyl groups is 1. The number of likely N-dealkylation sites (tertiary alicyclic amines) is 1. The molecule has 1 atom stereocenters. The zero-order chi connectivity index (χ0) is 10.8. The number of nitrogens with two attached hydrogens (primary N) is 1. The third kappa shape index (κ3) is 2.20. The van der Waals surface area contributed by atoms with Gasteiger partial charge in [-0.15, -0.1) is 0 Å². The molecule has 1 aromatic rings. The van der Waals surface area contributed by atoms with Crippen molar-refractivity contribution in [1.29, 1.82) is 0 Å². The van der Waals surface area contributed by atoms with Crippen LogP contribution in [0.25, 0.3) is 0 Å². The Morgan fingerprint density at radius 2 is 2.00 bits per heavy atom. The van der Waals surface area contributed by atoms with E-state index in [0.717, 1.165) is 18.7 Å². The maximum absolute atomic E-state index is 9.54. The molecule has 1 fully saturated rings. The molecule has 1 aromatic carbocycles. The number of hydrogen-bond donors (Lipinski definition) is 2. The van der Waals surface area contributed by atoms with Gasteiger partial charge in [-0.1, -0.05) is 24.3 Å². The highest BCUT2D eigenvalue weighted by Crippen LogP contribution is 2.26. The second kappa shape index (κ2) is 4.31. The molecule has 1 heterocycles. The first-order chi connectivity index (χ1) is 7.20. The average Bonchev–Trinajstić information content (AvgIpc) is 2.24. The smallest absolute Gasteiger partial charge is 0.0912 e. The minimum absolute atomic E-state index is 0.283. The number of aliphatic hydroxyl groups excluding tert-OH is 1. The van der Waals surface area contributed by atoms with Crippen molar-refractivity contribution in [2.75, 3.05) is 26.7 Å². The van der Waals surface area contributed by atoms with Gasteiger partial charge in [-0.3, -0.25) is 0 Å². The topological polar surface area (TPSA) is 49.5 Å². The van der Waals surface area contributed by atoms with E-state index in [0.29, 0.717) is 5.92 Å². The van der Waals surface area contributed by atoms with Gasteiger partial charge in [0.1, 0.15) is 0 Å². The molecule has 0 saturated carbocycles. The van der Waals surface area contributed by atoms with Crippen LogP contribution >= 0.6 is 0 Å². The van der Waals surface area contributed by atoms with E-state index in [2.05, 4.69) is 24.1 Å². The van der Waals surface area contributed by atoms with Crippen LogP contribution in [-0.2, 0) is 0 Å². The highest BCUT2D eigenvalue weighted by molar-refractivity contribution is 5.28. The molecule has 0 radical (unpaired) electrons. The monoisotopic (exact) mass is 206 g/mol. The highest BCUT2D eigenvalue weighted by atomic mass is 16.3. The third-order valence-corrected chi connectivity index (χ3v) is 3.08. The van der Waals surface area contributed by atoms with E-state index >= 15 is 0 Å². The lowest BCUT2D eigenvalue weighted by atomic mass is 9.91. The Morgan fingerprint density at radius 1 is 1.40 bits per heavy atom. The van der Waals surface area contributed by atoms with Crippen LogP contribution in [0.2, 0.25) is 0 Å². The van der Waals surface area contributed by atoms with Crippen LogP contribution in [0.4, 0.5) is 0 Å². The van der Waals surface area contributed by atoms with Crippen LogP contribution in [0.5, 0.6) is 0 Å². The van der Waals surface area contributed by atoms with Gasteiger partial charge in [0.25, 0.3) is 0 Å². The Hall–Kier alpha value is -0.900. The lowest BCUT2D eigenvalue weighted by Gasteiger charge is -2.36. The maximum Gasteiger partial charge on any atom is 0.0912 e. The van der Waals surface area contributed by atoms with E-state index in [1.165, 1.54) is 5.56 Å². The summed E-state index contributed by atoms with van der Waals surface area (Å²) in [5, 5.41) is 9.54. The minimum Gasteiger partial charge on any atom is -0.387 e. The summed E-state index contributed by atoms with van der Waals surface area (Å²) in [6.45, 7) is 2.56. The molecule has 3 nitrogen and oxygen atoms in total. The molecule has 3 heteroatoms. The fraction of sp³-hybridized carbons (Fsp3) is 0.500. The summed E-state index contributed by atoms with van der Waals surface area (Å²) >= 11 is 0. The molecule has 1 unspecified atom stereocenters. The number of likely N-dealkylation sites (N-methyl/N-ethyl adjacent to an activating group) is 1. The lowest BCUT2D eigenvalue weighted by Crippen LogP contribution is -2.41. The molecule has 1 aliphatic rings. The average molecular weight is 206 g/mol. The van der Waals surface area contributed by atoms with Crippen LogP contribution in [0, 0.1) is 0 Å². The highest BCUT2D eigenvalue weighted by Gasteiger charge is 2.24. The molecule has 3 N–H and O–H groups in total. The van der Waals surface area contributed by atoms with Crippen molar-refractivity contribution in [3.63, 3.8) is 0 Å². The fourth-order valence-electron chi connectivity index (χ4n) is 2.04. The predicted octanol–water partition coefficient (Wildman–Crippen LogP) is 0.708. The van der Waals surface area contributed by atoms with E-state index in [9.17, 15) is 5.11 Å². The van der Waals surface area contributed by atoms with Crippen LogP contribution in [0.1, 0.15) is 23.1 Å². The van der Waals surface area contributed by atoms with E-state index in [1.807, 2.05) is 12.1 Å². The molecule has 1 aliphatic heterocycles. The first-order valence-corrected chi connectivity index (χ1v) is 5.37. The van der Waals surface area contributed by atoms with Crippen molar-refractivity contribution in [3.05, 3.63) is 35.4 Å². The molecule has 1 saturated heterocycles. The van der Waals surface area contributed by atoms with E-state index in [4.69, 9.17) is 5.73 Å². The van der Waals surface area contributed by atoms with Crippen molar-refractivity contribution >= 4 is 0 Å². The zero-order valence-corrected chi connectivity index (χ0v) is 9.06. The summed E-state index contributed by atoms with van der Waals surface area (Å²) in [6.07, 6.45) is -0.525. The Labute approximate surface area is 90.5 Å². The van der Waals surface area contributed by atoms with Gasteiger partial charge in [0.2, 0.25) is 0 Å². The summed E-state index contributed by atoms with van der Waals surface area (Å²) < 4.78 is 0. The van der Waals surface area contributed by atoms with Gasteiger partial charge in [0, 0.05) is 25.6 Å². The molecule has 0 bridgehead atoms. The zero-order valence-electron chi connectivity index (χ0n) is 9.06. The molecule has 0 aliphatic carbocycles. The third-order valence-electron chi connectivity index (χ3n) is 3.08. The molecule has 15 heavy (non-hydrogen) atoms.